The highest BCUT2D eigenvalue weighted by molar-refractivity contribution is 5.82. The molecule has 238 valence electrons. The van der Waals surface area contributed by atoms with Gasteiger partial charge in [-0.25, -0.2) is 9.59 Å². The number of rotatable bonds is 19. The van der Waals surface area contributed by atoms with Gasteiger partial charge in [-0.3, -0.25) is 9.58 Å². The molecule has 9 heteroatoms. The van der Waals surface area contributed by atoms with Crippen molar-refractivity contribution < 1.29 is 23.8 Å². The predicted molar refractivity (Wildman–Crippen MR) is 168 cm³/mol. The van der Waals surface area contributed by atoms with Gasteiger partial charge in [0.05, 0.1) is 25.5 Å². The van der Waals surface area contributed by atoms with E-state index in [1.54, 1.807) is 0 Å². The number of esters is 1. The Bertz CT molecular complexity index is 1170. The Morgan fingerprint density at radius 1 is 0.773 bits per heavy atom. The summed E-state index contributed by atoms with van der Waals surface area (Å²) in [5, 5.41) is 8.52. The second-order valence-electron chi connectivity index (χ2n) is 11.6. The molecule has 0 bridgehead atoms. The first-order valence-electron chi connectivity index (χ1n) is 16.3. The molecule has 4 rings (SSSR count). The molecule has 1 fully saturated rings. The van der Waals surface area contributed by atoms with E-state index in [4.69, 9.17) is 14.2 Å². The summed E-state index contributed by atoms with van der Waals surface area (Å²) in [5.74, 6) is -0.473. The fraction of sp³-hybridized carbons (Fsp3) is 0.543. The Balaban J connectivity index is 1.21. The molecule has 0 saturated carbocycles. The number of likely N-dealkylation sites (tertiary alicyclic amines) is 1. The van der Waals surface area contributed by atoms with Crippen molar-refractivity contribution in [3.63, 3.8) is 0 Å². The highest BCUT2D eigenvalue weighted by atomic mass is 16.6. The topological polar surface area (TPSA) is 95.8 Å². The van der Waals surface area contributed by atoms with Gasteiger partial charge in [-0.1, -0.05) is 131 Å². The van der Waals surface area contributed by atoms with Crippen molar-refractivity contribution in [1.29, 1.82) is 0 Å². The van der Waals surface area contributed by atoms with Crippen LogP contribution in [0.15, 0.2) is 66.9 Å². The molecule has 0 aliphatic carbocycles. The van der Waals surface area contributed by atoms with E-state index in [9.17, 15) is 9.59 Å². The number of aryl methyl sites for hydroxylation is 1. The molecular weight excluding hydrogens is 556 g/mol. The molecule has 1 aliphatic rings. The third kappa shape index (κ3) is 11.4. The van der Waals surface area contributed by atoms with Crippen LogP contribution >= 0.6 is 0 Å². The molecule has 0 radical (unpaired) electrons. The summed E-state index contributed by atoms with van der Waals surface area (Å²) in [5.41, 5.74) is 2.48. The van der Waals surface area contributed by atoms with E-state index in [1.165, 1.54) is 62.7 Å². The number of hydrogen-bond acceptors (Lipinski definition) is 7. The average Bonchev–Trinajstić information content (AvgIpc) is 3.71. The maximum absolute atomic E-state index is 13.1. The maximum Gasteiger partial charge on any atom is 0.410 e. The van der Waals surface area contributed by atoms with Gasteiger partial charge in [0.15, 0.2) is 0 Å². The fourth-order valence-corrected chi connectivity index (χ4v) is 5.45. The summed E-state index contributed by atoms with van der Waals surface area (Å²) in [6.07, 6.45) is 14.2. The molecule has 2 heterocycles. The molecular formula is C35H48N4O5. The summed E-state index contributed by atoms with van der Waals surface area (Å²) in [7, 11) is 0. The molecule has 0 spiro atoms. The maximum atomic E-state index is 13.1. The lowest BCUT2D eigenvalue weighted by molar-refractivity contribution is -0.150. The zero-order chi connectivity index (χ0) is 30.8. The normalized spacial score (nSPS) is 16.2. The number of benzene rings is 2. The van der Waals surface area contributed by atoms with Gasteiger partial charge < -0.3 is 14.2 Å². The fourth-order valence-electron chi connectivity index (χ4n) is 5.45. The Labute approximate surface area is 261 Å². The Morgan fingerprint density at radius 2 is 1.36 bits per heavy atom. The predicted octanol–water partition coefficient (Wildman–Crippen LogP) is 7.24. The highest BCUT2D eigenvalue weighted by Gasteiger charge is 2.42. The van der Waals surface area contributed by atoms with Crippen LogP contribution in [-0.4, -0.2) is 50.6 Å². The lowest BCUT2D eigenvalue weighted by atomic mass is 10.1. The van der Waals surface area contributed by atoms with Gasteiger partial charge in [-0.15, -0.1) is 5.10 Å². The van der Waals surface area contributed by atoms with Crippen molar-refractivity contribution in [1.82, 2.24) is 19.9 Å². The van der Waals surface area contributed by atoms with Gasteiger partial charge in [0.25, 0.3) is 0 Å². The van der Waals surface area contributed by atoms with Gasteiger partial charge in [0.2, 0.25) is 0 Å². The third-order valence-corrected chi connectivity index (χ3v) is 7.99. The second kappa shape index (κ2) is 18.8. The molecule has 1 aliphatic heterocycles. The first-order valence-corrected chi connectivity index (χ1v) is 16.3. The average molecular weight is 605 g/mol. The van der Waals surface area contributed by atoms with E-state index >= 15 is 0 Å². The van der Waals surface area contributed by atoms with Crippen LogP contribution in [0, 0.1) is 0 Å². The largest absolute Gasteiger partial charge is 0.459 e. The van der Waals surface area contributed by atoms with Crippen LogP contribution in [0.4, 0.5) is 4.79 Å². The second-order valence-corrected chi connectivity index (χ2v) is 11.6. The van der Waals surface area contributed by atoms with Gasteiger partial charge in [0, 0.05) is 13.0 Å². The van der Waals surface area contributed by atoms with Crippen molar-refractivity contribution in [2.45, 2.75) is 116 Å². The van der Waals surface area contributed by atoms with E-state index in [0.717, 1.165) is 29.8 Å². The van der Waals surface area contributed by atoms with Crippen molar-refractivity contribution in [2.24, 2.45) is 0 Å². The van der Waals surface area contributed by atoms with Crippen LogP contribution in [0.25, 0.3) is 0 Å². The van der Waals surface area contributed by atoms with E-state index in [0.29, 0.717) is 6.42 Å². The number of aromatic nitrogens is 3. The van der Waals surface area contributed by atoms with Crippen molar-refractivity contribution in [3.8, 4) is 0 Å². The summed E-state index contributed by atoms with van der Waals surface area (Å²) < 4.78 is 19.1. The number of nitrogens with zero attached hydrogens (tertiary/aromatic N) is 4. The molecule has 44 heavy (non-hydrogen) atoms. The minimum absolute atomic E-state index is 0.121. The SMILES string of the molecule is CCCCCCCCCCCCn1cc(CO[C@@H]2C[C@@H](C(=O)OCc3ccccc3)N(C(=O)OCc3ccccc3)C2)nn1. The van der Waals surface area contributed by atoms with Crippen LogP contribution in [0.2, 0.25) is 0 Å². The van der Waals surface area contributed by atoms with Gasteiger partial charge in [0.1, 0.15) is 24.9 Å². The Kier molecular flexibility index (Phi) is 14.2. The summed E-state index contributed by atoms with van der Waals surface area (Å²) in [4.78, 5) is 27.6. The van der Waals surface area contributed by atoms with E-state index in [2.05, 4.69) is 17.2 Å². The minimum atomic E-state index is -0.793. The standard InChI is InChI=1S/C35H48N4O5/c1-2-3-4-5-6-7-8-9-10-17-22-38-24-31(36-37-38)28-42-32-23-33(34(40)43-26-29-18-13-11-14-19-29)39(25-32)35(41)44-27-30-20-15-12-16-21-30/h11-16,18-21,24,32-33H,2-10,17,22-23,25-28H2,1H3/t32-,33+/m1/s1. The molecule has 0 N–H and O–H groups in total. The molecule has 0 unspecified atom stereocenters. The number of unbranched alkanes of at least 4 members (excludes halogenated alkanes) is 9. The van der Waals surface area contributed by atoms with Crippen LogP contribution in [0.5, 0.6) is 0 Å². The summed E-state index contributed by atoms with van der Waals surface area (Å²) in [6.45, 7) is 3.83. The minimum Gasteiger partial charge on any atom is -0.459 e. The Hall–Kier alpha value is -3.72. The zero-order valence-corrected chi connectivity index (χ0v) is 26.1. The first kappa shape index (κ1) is 33.2. The molecule has 1 aromatic heterocycles. The lowest BCUT2D eigenvalue weighted by Gasteiger charge is -2.22. The summed E-state index contributed by atoms with van der Waals surface area (Å²) >= 11 is 0. The van der Waals surface area contributed by atoms with Crippen molar-refractivity contribution >= 4 is 12.1 Å². The molecule has 1 saturated heterocycles. The van der Waals surface area contributed by atoms with E-state index in [-0.39, 0.29) is 32.5 Å². The van der Waals surface area contributed by atoms with Crippen LogP contribution in [0.3, 0.4) is 0 Å². The smallest absolute Gasteiger partial charge is 0.410 e. The third-order valence-electron chi connectivity index (χ3n) is 7.99. The number of hydrogen-bond donors (Lipinski definition) is 0. The number of carbonyl (C=O) groups is 2. The van der Waals surface area contributed by atoms with Crippen LogP contribution < -0.4 is 0 Å². The van der Waals surface area contributed by atoms with Gasteiger partial charge in [-0.2, -0.15) is 0 Å². The van der Waals surface area contributed by atoms with Gasteiger partial charge in [-0.05, 0) is 17.5 Å². The lowest BCUT2D eigenvalue weighted by Crippen LogP contribution is -2.41. The number of ether oxygens (including phenoxy) is 3. The zero-order valence-electron chi connectivity index (χ0n) is 26.1. The van der Waals surface area contributed by atoms with Crippen LogP contribution in [0.1, 0.15) is 94.4 Å². The van der Waals surface area contributed by atoms with Gasteiger partial charge >= 0.3 is 12.1 Å². The van der Waals surface area contributed by atoms with Crippen LogP contribution in [-0.2, 0) is 45.4 Å². The molecule has 2 aromatic carbocycles. The van der Waals surface area contributed by atoms with Crippen molar-refractivity contribution in [3.05, 3.63) is 83.7 Å². The molecule has 9 nitrogen and oxygen atoms in total. The number of amides is 1. The van der Waals surface area contributed by atoms with E-state index in [1.807, 2.05) is 71.5 Å². The molecule has 1 amide bonds. The Morgan fingerprint density at radius 3 is 2.00 bits per heavy atom. The quantitative estimate of drug-likeness (QED) is 0.105. The highest BCUT2D eigenvalue weighted by Crippen LogP contribution is 2.24. The van der Waals surface area contributed by atoms with Crippen molar-refractivity contribution in [2.75, 3.05) is 6.54 Å². The van der Waals surface area contributed by atoms with E-state index < -0.39 is 18.1 Å². The monoisotopic (exact) mass is 604 g/mol. The molecule has 2 atom stereocenters. The molecule has 3 aromatic rings. The number of carbonyl (C=O) groups excluding carboxylic acids is 2. The first-order chi connectivity index (χ1) is 21.6. The summed E-state index contributed by atoms with van der Waals surface area (Å²) in [6, 6.07) is 18.1.